The van der Waals surface area contributed by atoms with E-state index in [0.29, 0.717) is 12.7 Å². The van der Waals surface area contributed by atoms with Crippen LogP contribution in [0.15, 0.2) is 0 Å². The van der Waals surface area contributed by atoms with E-state index in [4.69, 9.17) is 17.7 Å². The second-order valence-electron chi connectivity index (χ2n) is 4.49. The predicted octanol–water partition coefficient (Wildman–Crippen LogP) is -0.830. The van der Waals surface area contributed by atoms with E-state index >= 15 is 0 Å². The summed E-state index contributed by atoms with van der Waals surface area (Å²) in [6.07, 6.45) is 1.38. The highest BCUT2D eigenvalue weighted by Crippen LogP contribution is 2.14. The predicted molar refractivity (Wildman–Crippen MR) is 53.0 cm³/mol. The third kappa shape index (κ3) is 11.3. The fourth-order valence-electron chi connectivity index (χ4n) is 1.07. The summed E-state index contributed by atoms with van der Waals surface area (Å²) < 4.78 is 32.9. The molecule has 0 bridgehead atoms. The van der Waals surface area contributed by atoms with Crippen LogP contribution in [0.3, 0.4) is 0 Å². The fourth-order valence-corrected chi connectivity index (χ4v) is 1.07. The van der Waals surface area contributed by atoms with Crippen molar-refractivity contribution < 1.29 is 27.0 Å². The van der Waals surface area contributed by atoms with Gasteiger partial charge in [0.2, 0.25) is 0 Å². The van der Waals surface area contributed by atoms with E-state index in [1.807, 2.05) is 0 Å². The van der Waals surface area contributed by atoms with Gasteiger partial charge in [-0.05, 0) is 0 Å². The minimum Gasteiger partial charge on any atom is -0.748 e. The Morgan fingerprint density at radius 1 is 1.47 bits per heavy atom. The van der Waals surface area contributed by atoms with Crippen LogP contribution in [0, 0.1) is 0 Å². The molecular weight excluding hydrogens is 222 g/mol. The number of nitrogens with zero attached hydrogens (tertiary/aromatic N) is 1. The first-order chi connectivity index (χ1) is 6.47. The number of quaternary nitrogens is 1. The third-order valence-corrected chi connectivity index (χ3v) is 1.44. The molecule has 0 aromatic rings. The molecule has 15 heavy (non-hydrogen) atoms. The smallest absolute Gasteiger partial charge is 0.310 e. The number of hydrogen-bond donors (Lipinski definition) is 0. The van der Waals surface area contributed by atoms with Gasteiger partial charge in [-0.15, -0.1) is 0 Å². The normalized spacial score (nSPS) is 20.9. The zero-order chi connectivity index (χ0) is 12.3. The maximum Gasteiger partial charge on any atom is 0.310 e. The monoisotopic (exact) mass is 239 g/mol. The Kier molecular flexibility index (Phi) is 4.69. The van der Waals surface area contributed by atoms with Gasteiger partial charge in [0, 0.05) is 6.26 Å². The van der Waals surface area contributed by atoms with Crippen molar-refractivity contribution in [2.45, 2.75) is 12.5 Å². The Labute approximate surface area is 90.2 Å². The molecular formula is C8H17NO5S. The van der Waals surface area contributed by atoms with Crippen molar-refractivity contribution in [3.05, 3.63) is 0 Å². The van der Waals surface area contributed by atoms with Crippen LogP contribution in [0.25, 0.3) is 0 Å². The van der Waals surface area contributed by atoms with Gasteiger partial charge >= 0.3 is 5.97 Å². The quantitative estimate of drug-likeness (QED) is 0.357. The highest BCUT2D eigenvalue weighted by atomic mass is 32.2. The zero-order valence-electron chi connectivity index (χ0n) is 9.39. The van der Waals surface area contributed by atoms with Crippen LogP contribution in [-0.2, 0) is 19.6 Å². The van der Waals surface area contributed by atoms with E-state index in [9.17, 15) is 4.79 Å². The molecule has 0 N–H and O–H groups in total. The molecule has 0 aromatic carbocycles. The highest BCUT2D eigenvalue weighted by Gasteiger charge is 2.32. The van der Waals surface area contributed by atoms with E-state index in [-0.39, 0.29) is 12.1 Å². The standard InChI is InChI=1S/C7H14NO2.CH4O3S/c1-8(2,3)5-6-4-7(9)10-6;1-5(2,3)4/h6H,4-5H2,1-3H3;1H3,(H,2,3,4)/q+1;/p-1/t6-;/m1./s1. The Balaban J connectivity index is 0.000000336. The van der Waals surface area contributed by atoms with Crippen molar-refractivity contribution in [1.29, 1.82) is 0 Å². The van der Waals surface area contributed by atoms with Gasteiger partial charge in [0.15, 0.2) is 6.10 Å². The second-order valence-corrected chi connectivity index (χ2v) is 5.90. The summed E-state index contributed by atoms with van der Waals surface area (Å²) in [5.41, 5.74) is 0. The molecule has 90 valence electrons. The van der Waals surface area contributed by atoms with Gasteiger partial charge in [0.1, 0.15) is 6.54 Å². The maximum absolute atomic E-state index is 10.4. The lowest BCUT2D eigenvalue weighted by molar-refractivity contribution is -0.874. The topological polar surface area (TPSA) is 83.5 Å². The molecule has 0 radical (unpaired) electrons. The van der Waals surface area contributed by atoms with Gasteiger partial charge < -0.3 is 13.8 Å². The summed E-state index contributed by atoms with van der Waals surface area (Å²) in [5.74, 6) is -0.0570. The molecule has 0 unspecified atom stereocenters. The molecule has 1 atom stereocenters. The molecule has 1 rings (SSSR count). The molecule has 1 aliphatic heterocycles. The van der Waals surface area contributed by atoms with Crippen LogP contribution in [0.4, 0.5) is 0 Å². The number of carbonyl (C=O) groups excluding carboxylic acids is 1. The Bertz CT molecular complexity index is 300. The lowest BCUT2D eigenvalue weighted by Crippen LogP contribution is -2.48. The molecule has 7 heteroatoms. The Hall–Kier alpha value is -0.660. The van der Waals surface area contributed by atoms with E-state index in [2.05, 4.69) is 21.1 Å². The molecule has 0 aromatic heterocycles. The van der Waals surface area contributed by atoms with Crippen LogP contribution in [0.1, 0.15) is 6.42 Å². The Morgan fingerprint density at radius 3 is 2.00 bits per heavy atom. The summed E-state index contributed by atoms with van der Waals surface area (Å²) in [5, 5.41) is 0. The van der Waals surface area contributed by atoms with Gasteiger partial charge in [-0.3, -0.25) is 4.79 Å². The molecule has 0 amide bonds. The van der Waals surface area contributed by atoms with Gasteiger partial charge in [-0.2, -0.15) is 0 Å². The first kappa shape index (κ1) is 14.3. The van der Waals surface area contributed by atoms with Crippen molar-refractivity contribution in [2.24, 2.45) is 0 Å². The first-order valence-corrected chi connectivity index (χ1v) is 6.20. The molecule has 1 aliphatic rings. The number of hydrogen-bond acceptors (Lipinski definition) is 5. The van der Waals surface area contributed by atoms with E-state index in [0.717, 1.165) is 11.0 Å². The minimum absolute atomic E-state index is 0.0570. The van der Waals surface area contributed by atoms with Crippen molar-refractivity contribution >= 4 is 16.1 Å². The van der Waals surface area contributed by atoms with Crippen molar-refractivity contribution in [1.82, 2.24) is 0 Å². The molecule has 0 saturated carbocycles. The largest absolute Gasteiger partial charge is 0.748 e. The number of rotatable bonds is 2. The van der Waals surface area contributed by atoms with E-state index in [1.54, 1.807) is 0 Å². The lowest BCUT2D eigenvalue weighted by Gasteiger charge is -2.32. The number of likely N-dealkylation sites (N-methyl/N-ethyl adjacent to an activating group) is 1. The van der Waals surface area contributed by atoms with Gasteiger partial charge in [0.05, 0.1) is 37.7 Å². The lowest BCUT2D eigenvalue weighted by atomic mass is 10.1. The molecule has 1 saturated heterocycles. The van der Waals surface area contributed by atoms with Crippen LogP contribution in [0.2, 0.25) is 0 Å². The molecule has 0 spiro atoms. The summed E-state index contributed by atoms with van der Waals surface area (Å²) in [6, 6.07) is 0. The zero-order valence-corrected chi connectivity index (χ0v) is 10.2. The Morgan fingerprint density at radius 2 is 1.80 bits per heavy atom. The van der Waals surface area contributed by atoms with Gasteiger partial charge in [-0.25, -0.2) is 8.42 Å². The number of esters is 1. The first-order valence-electron chi connectivity index (χ1n) is 4.38. The number of cyclic esters (lactones) is 1. The van der Waals surface area contributed by atoms with Crippen LogP contribution in [0.5, 0.6) is 0 Å². The summed E-state index contributed by atoms with van der Waals surface area (Å²) in [7, 11) is 2.35. The van der Waals surface area contributed by atoms with E-state index in [1.165, 1.54) is 0 Å². The van der Waals surface area contributed by atoms with E-state index < -0.39 is 10.1 Å². The number of ether oxygens (including phenoxy) is 1. The summed E-state index contributed by atoms with van der Waals surface area (Å²) in [6.45, 7) is 0.922. The fraction of sp³-hybridized carbons (Fsp3) is 0.875. The van der Waals surface area contributed by atoms with Crippen molar-refractivity contribution in [3.63, 3.8) is 0 Å². The molecule has 1 fully saturated rings. The average Bonchev–Trinajstić information content (AvgIpc) is 1.75. The molecule has 1 heterocycles. The minimum atomic E-state index is -3.92. The summed E-state index contributed by atoms with van der Waals surface area (Å²) >= 11 is 0. The van der Waals surface area contributed by atoms with Crippen molar-refractivity contribution in [3.8, 4) is 0 Å². The highest BCUT2D eigenvalue weighted by molar-refractivity contribution is 7.84. The molecule has 0 aliphatic carbocycles. The van der Waals surface area contributed by atoms with Crippen LogP contribution >= 0.6 is 0 Å². The summed E-state index contributed by atoms with van der Waals surface area (Å²) in [4.78, 5) is 10.4. The SMILES string of the molecule is CS(=O)(=O)[O-].C[N+](C)(C)C[C@H]1CC(=O)O1. The maximum atomic E-state index is 10.4. The molecule has 6 nitrogen and oxygen atoms in total. The third-order valence-electron chi connectivity index (χ3n) is 1.44. The average molecular weight is 239 g/mol. The van der Waals surface area contributed by atoms with Crippen LogP contribution < -0.4 is 0 Å². The van der Waals surface area contributed by atoms with Gasteiger partial charge in [0.25, 0.3) is 0 Å². The van der Waals surface area contributed by atoms with Crippen molar-refractivity contribution in [2.75, 3.05) is 33.9 Å². The van der Waals surface area contributed by atoms with Crippen LogP contribution in [-0.4, -0.2) is 63.5 Å². The number of carbonyl (C=O) groups is 1. The second kappa shape index (κ2) is 4.91. The van der Waals surface area contributed by atoms with Gasteiger partial charge in [-0.1, -0.05) is 0 Å².